The first-order valence-electron chi connectivity index (χ1n) is 5.89. The van der Waals surface area contributed by atoms with E-state index in [0.29, 0.717) is 13.1 Å². The minimum Gasteiger partial charge on any atom is -0.505 e. The number of hydrogen-bond acceptors (Lipinski definition) is 3. The van der Waals surface area contributed by atoms with Crippen LogP contribution in [0.4, 0.5) is 17.6 Å². The predicted octanol–water partition coefficient (Wildman–Crippen LogP) is 2.88. The van der Waals surface area contributed by atoms with Crippen LogP contribution in [0.1, 0.15) is 11.6 Å². The zero-order valence-corrected chi connectivity index (χ0v) is 12.5. The molecular weight excluding hydrogens is 335 g/mol. The van der Waals surface area contributed by atoms with E-state index in [2.05, 4.69) is 5.32 Å². The molecule has 1 fully saturated rings. The monoisotopic (exact) mass is 350 g/mol. The van der Waals surface area contributed by atoms with E-state index in [9.17, 15) is 17.6 Å². The lowest BCUT2D eigenvalue weighted by molar-refractivity contribution is -0.187. The zero-order valence-electron chi connectivity index (χ0n) is 10.9. The van der Waals surface area contributed by atoms with Gasteiger partial charge in [0.2, 0.25) is 0 Å². The molecule has 0 aromatic heterocycles. The summed E-state index contributed by atoms with van der Waals surface area (Å²) in [5.41, 5.74) is -0.190. The second-order valence-electron chi connectivity index (χ2n) is 4.44. The number of rotatable bonds is 2. The number of alkyl halides is 3. The Morgan fingerprint density at radius 1 is 1.14 bits per heavy atom. The summed E-state index contributed by atoms with van der Waals surface area (Å²) >= 11 is 0. The van der Waals surface area contributed by atoms with Crippen molar-refractivity contribution < 1.29 is 22.7 Å². The highest BCUT2D eigenvalue weighted by molar-refractivity contribution is 5.85. The summed E-state index contributed by atoms with van der Waals surface area (Å²) in [7, 11) is 0. The van der Waals surface area contributed by atoms with Gasteiger partial charge in [0.25, 0.3) is 0 Å². The van der Waals surface area contributed by atoms with Gasteiger partial charge in [0.15, 0.2) is 11.6 Å². The summed E-state index contributed by atoms with van der Waals surface area (Å²) in [5.74, 6) is -1.69. The van der Waals surface area contributed by atoms with Gasteiger partial charge in [-0.15, -0.1) is 24.8 Å². The minimum absolute atomic E-state index is 0. The molecule has 0 radical (unpaired) electrons. The fourth-order valence-corrected chi connectivity index (χ4v) is 2.24. The van der Waals surface area contributed by atoms with E-state index < -0.39 is 23.8 Å². The molecule has 1 aromatic carbocycles. The Labute approximate surface area is 132 Å². The largest absolute Gasteiger partial charge is 0.505 e. The Kier molecular flexibility index (Phi) is 7.74. The van der Waals surface area contributed by atoms with Crippen molar-refractivity contribution in [1.82, 2.24) is 10.2 Å². The summed E-state index contributed by atoms with van der Waals surface area (Å²) in [4.78, 5) is 1.27. The maximum atomic E-state index is 13.2. The quantitative estimate of drug-likeness (QED) is 0.805. The van der Waals surface area contributed by atoms with Gasteiger partial charge in [-0.2, -0.15) is 13.2 Å². The molecule has 1 aliphatic rings. The van der Waals surface area contributed by atoms with Gasteiger partial charge >= 0.3 is 6.18 Å². The van der Waals surface area contributed by atoms with Crippen LogP contribution in [0.3, 0.4) is 0 Å². The molecule has 1 heterocycles. The third-order valence-electron chi connectivity index (χ3n) is 3.11. The summed E-state index contributed by atoms with van der Waals surface area (Å²) in [5, 5.41) is 12.0. The summed E-state index contributed by atoms with van der Waals surface area (Å²) in [6, 6.07) is 0.962. The number of hydrogen-bond donors (Lipinski definition) is 2. The Bertz CT molecular complexity index is 453. The first kappa shape index (κ1) is 20.2. The number of halogens is 6. The molecule has 9 heteroatoms. The Morgan fingerprint density at radius 3 is 2.19 bits per heavy atom. The average Bonchev–Trinajstić information content (AvgIpc) is 2.34. The normalized spacial score (nSPS) is 17.5. The fourth-order valence-electron chi connectivity index (χ4n) is 2.24. The standard InChI is InChI=1S/C12H14F4N2O.2ClH/c13-9-7-8(1-2-10(9)19)11(12(14,15)16)18-5-3-17-4-6-18;;/h1-2,7,11,17,19H,3-6H2;2*1H/t11-;;/m0../s1. The SMILES string of the molecule is Cl.Cl.Oc1ccc([C@H](N2CCNCC2)C(F)(F)F)cc1F. The Hall–Kier alpha value is -0.760. The van der Waals surface area contributed by atoms with Crippen molar-refractivity contribution in [3.05, 3.63) is 29.6 Å². The number of piperazine rings is 1. The lowest BCUT2D eigenvalue weighted by atomic mass is 10.0. The van der Waals surface area contributed by atoms with E-state index in [4.69, 9.17) is 5.11 Å². The third-order valence-corrected chi connectivity index (χ3v) is 3.11. The van der Waals surface area contributed by atoms with Crippen molar-refractivity contribution in [2.24, 2.45) is 0 Å². The zero-order chi connectivity index (χ0) is 14.0. The highest BCUT2D eigenvalue weighted by atomic mass is 35.5. The fraction of sp³-hybridized carbons (Fsp3) is 0.500. The molecule has 0 amide bonds. The average molecular weight is 351 g/mol. The van der Waals surface area contributed by atoms with Gasteiger partial charge in [0.1, 0.15) is 6.04 Å². The van der Waals surface area contributed by atoms with Gasteiger partial charge in [0.05, 0.1) is 0 Å². The molecular formula is C12H16Cl2F4N2O. The molecule has 0 unspecified atom stereocenters. The number of nitrogens with one attached hydrogen (secondary N) is 1. The van der Waals surface area contributed by atoms with Crippen LogP contribution in [0.15, 0.2) is 18.2 Å². The molecule has 3 nitrogen and oxygen atoms in total. The first-order chi connectivity index (χ1) is 8.89. The van der Waals surface area contributed by atoms with E-state index in [-0.39, 0.29) is 43.5 Å². The highest BCUT2D eigenvalue weighted by Gasteiger charge is 2.45. The highest BCUT2D eigenvalue weighted by Crippen LogP contribution is 2.38. The summed E-state index contributed by atoms with van der Waals surface area (Å²) in [6.07, 6.45) is -4.49. The lowest BCUT2D eigenvalue weighted by Crippen LogP contribution is -2.49. The number of nitrogens with zero attached hydrogens (tertiary/aromatic N) is 1. The van der Waals surface area contributed by atoms with Gasteiger partial charge in [-0.1, -0.05) is 6.07 Å². The van der Waals surface area contributed by atoms with Crippen molar-refractivity contribution in [2.75, 3.05) is 26.2 Å². The van der Waals surface area contributed by atoms with Gasteiger partial charge < -0.3 is 10.4 Å². The van der Waals surface area contributed by atoms with Gasteiger partial charge in [0, 0.05) is 26.2 Å². The topological polar surface area (TPSA) is 35.5 Å². The Morgan fingerprint density at radius 2 is 1.71 bits per heavy atom. The second kappa shape index (κ2) is 8.03. The number of phenolic OH excluding ortho intramolecular Hbond substituents is 1. The predicted molar refractivity (Wildman–Crippen MR) is 75.8 cm³/mol. The van der Waals surface area contributed by atoms with Crippen molar-refractivity contribution in [3.8, 4) is 5.75 Å². The van der Waals surface area contributed by atoms with Crippen LogP contribution in [0.25, 0.3) is 0 Å². The van der Waals surface area contributed by atoms with Crippen LogP contribution < -0.4 is 5.32 Å². The van der Waals surface area contributed by atoms with Crippen molar-refractivity contribution in [2.45, 2.75) is 12.2 Å². The van der Waals surface area contributed by atoms with Crippen molar-refractivity contribution >= 4 is 24.8 Å². The van der Waals surface area contributed by atoms with Gasteiger partial charge in [-0.3, -0.25) is 4.90 Å². The van der Waals surface area contributed by atoms with Gasteiger partial charge in [-0.05, 0) is 17.7 Å². The van der Waals surface area contributed by atoms with Crippen LogP contribution in [0.5, 0.6) is 5.75 Å². The van der Waals surface area contributed by atoms with E-state index in [1.165, 1.54) is 4.90 Å². The molecule has 0 bridgehead atoms. The number of aromatic hydroxyl groups is 1. The third kappa shape index (κ3) is 4.88. The molecule has 21 heavy (non-hydrogen) atoms. The lowest BCUT2D eigenvalue weighted by Gasteiger charge is -2.36. The maximum Gasteiger partial charge on any atom is 0.408 e. The smallest absolute Gasteiger partial charge is 0.408 e. The van der Waals surface area contributed by atoms with E-state index in [0.717, 1.165) is 18.2 Å². The second-order valence-corrected chi connectivity index (χ2v) is 4.44. The molecule has 1 aliphatic heterocycles. The molecule has 1 aromatic rings. The Balaban J connectivity index is 0.00000200. The number of phenols is 1. The first-order valence-corrected chi connectivity index (χ1v) is 5.89. The molecule has 0 saturated carbocycles. The molecule has 0 spiro atoms. The molecule has 1 saturated heterocycles. The van der Waals surface area contributed by atoms with Crippen LogP contribution in [-0.2, 0) is 0 Å². The van der Waals surface area contributed by atoms with Crippen molar-refractivity contribution in [3.63, 3.8) is 0 Å². The molecule has 0 aliphatic carbocycles. The van der Waals surface area contributed by atoms with E-state index in [1.807, 2.05) is 0 Å². The van der Waals surface area contributed by atoms with Crippen LogP contribution in [-0.4, -0.2) is 42.4 Å². The number of benzene rings is 1. The van der Waals surface area contributed by atoms with E-state index in [1.54, 1.807) is 0 Å². The van der Waals surface area contributed by atoms with Crippen LogP contribution in [0.2, 0.25) is 0 Å². The maximum absolute atomic E-state index is 13.2. The van der Waals surface area contributed by atoms with Gasteiger partial charge in [-0.25, -0.2) is 4.39 Å². The van der Waals surface area contributed by atoms with E-state index >= 15 is 0 Å². The summed E-state index contributed by atoms with van der Waals surface area (Å²) < 4.78 is 52.8. The van der Waals surface area contributed by atoms with Crippen molar-refractivity contribution in [1.29, 1.82) is 0 Å². The minimum atomic E-state index is -4.49. The molecule has 1 atom stereocenters. The molecule has 122 valence electrons. The molecule has 2 rings (SSSR count). The summed E-state index contributed by atoms with van der Waals surface area (Å²) in [6.45, 7) is 1.42. The van der Waals surface area contributed by atoms with Crippen LogP contribution in [0, 0.1) is 5.82 Å². The van der Waals surface area contributed by atoms with Crippen LogP contribution >= 0.6 is 24.8 Å². The molecule has 2 N–H and O–H groups in total.